The fourth-order valence-electron chi connectivity index (χ4n) is 5.72. The predicted octanol–water partition coefficient (Wildman–Crippen LogP) is 11.2. The van der Waals surface area contributed by atoms with E-state index in [0.29, 0.717) is 41.2 Å². The summed E-state index contributed by atoms with van der Waals surface area (Å²) in [5.74, 6) is -1.35. The Kier molecular flexibility index (Phi) is 11.5. The predicted molar refractivity (Wildman–Crippen MR) is 160 cm³/mol. The van der Waals surface area contributed by atoms with Crippen molar-refractivity contribution in [3.8, 4) is 22.3 Å². The van der Waals surface area contributed by atoms with Crippen molar-refractivity contribution in [2.75, 3.05) is 6.61 Å². The molecule has 0 spiro atoms. The Hall–Kier alpha value is -2.85. The highest BCUT2D eigenvalue weighted by atomic mass is 19.2. The lowest BCUT2D eigenvalue weighted by atomic mass is 9.91. The zero-order valence-corrected chi connectivity index (χ0v) is 23.9. The molecule has 1 saturated heterocycles. The van der Waals surface area contributed by atoms with Crippen LogP contribution in [-0.2, 0) is 11.2 Å². The third kappa shape index (κ3) is 7.87. The smallest absolute Gasteiger partial charge is 0.166 e. The number of hydrogen-bond donors (Lipinski definition) is 0. The van der Waals surface area contributed by atoms with E-state index in [1.807, 2.05) is 12.1 Å². The average Bonchev–Trinajstić information content (AvgIpc) is 2.98. The monoisotopic (exact) mass is 548 g/mol. The highest BCUT2D eigenvalue weighted by molar-refractivity contribution is 5.71. The Bertz CT molecular complexity index is 1230. The van der Waals surface area contributed by atoms with Crippen molar-refractivity contribution >= 4 is 0 Å². The van der Waals surface area contributed by atoms with E-state index in [2.05, 4.69) is 13.5 Å². The first kappa shape index (κ1) is 30.1. The van der Waals surface area contributed by atoms with Crippen LogP contribution in [0.2, 0.25) is 0 Å². The van der Waals surface area contributed by atoms with Gasteiger partial charge in [0, 0.05) is 11.1 Å². The Morgan fingerprint density at radius 1 is 0.800 bits per heavy atom. The van der Waals surface area contributed by atoms with Gasteiger partial charge >= 0.3 is 0 Å². The molecule has 2 unspecified atom stereocenters. The van der Waals surface area contributed by atoms with E-state index in [1.54, 1.807) is 48.5 Å². The van der Waals surface area contributed by atoms with Gasteiger partial charge in [-0.25, -0.2) is 13.2 Å². The molecule has 0 radical (unpaired) electrons. The molecule has 1 heterocycles. The van der Waals surface area contributed by atoms with Crippen molar-refractivity contribution in [3.63, 3.8) is 0 Å². The van der Waals surface area contributed by atoms with Gasteiger partial charge in [0.15, 0.2) is 11.6 Å². The molecule has 2 atom stereocenters. The van der Waals surface area contributed by atoms with Crippen LogP contribution in [0.25, 0.3) is 22.3 Å². The molecule has 0 aromatic heterocycles. The molecule has 0 aliphatic carbocycles. The van der Waals surface area contributed by atoms with Gasteiger partial charge < -0.3 is 4.74 Å². The highest BCUT2D eigenvalue weighted by Crippen LogP contribution is 2.35. The van der Waals surface area contributed by atoms with Gasteiger partial charge in [-0.3, -0.25) is 0 Å². The zero-order chi connectivity index (χ0) is 28.3. The van der Waals surface area contributed by atoms with Crippen molar-refractivity contribution in [1.29, 1.82) is 0 Å². The molecule has 0 bridgehead atoms. The second-order valence-corrected chi connectivity index (χ2v) is 11.2. The molecule has 3 aromatic rings. The number of allylic oxidation sites excluding steroid dienone is 1. The SMILES string of the molecule is C=CCCC1CCC(c2ccc(-c3ccc(-c4ccc(CCCCCCCCC)c(F)c4F)cc3)c(F)c2)OC1. The molecule has 1 nitrogen and oxygen atoms in total. The summed E-state index contributed by atoms with van der Waals surface area (Å²) in [6.45, 7) is 6.68. The quantitative estimate of drug-likeness (QED) is 0.144. The van der Waals surface area contributed by atoms with E-state index in [9.17, 15) is 4.39 Å². The molecular weight excluding hydrogens is 505 g/mol. The number of aryl methyl sites for hydroxylation is 1. The lowest BCUT2D eigenvalue weighted by Crippen LogP contribution is -2.20. The Morgan fingerprint density at radius 3 is 2.12 bits per heavy atom. The normalized spacial score (nSPS) is 17.2. The Morgan fingerprint density at radius 2 is 1.48 bits per heavy atom. The van der Waals surface area contributed by atoms with Crippen LogP contribution in [0.4, 0.5) is 13.2 Å². The summed E-state index contributed by atoms with van der Waals surface area (Å²) < 4.78 is 51.0. The minimum absolute atomic E-state index is 0.0856. The lowest BCUT2D eigenvalue weighted by molar-refractivity contribution is -0.0191. The first-order valence-electron chi connectivity index (χ1n) is 15.1. The average molecular weight is 549 g/mol. The number of ether oxygens (including phenoxy) is 1. The van der Waals surface area contributed by atoms with Crippen LogP contribution in [0.1, 0.15) is 94.8 Å². The molecule has 0 saturated carbocycles. The molecule has 4 heteroatoms. The van der Waals surface area contributed by atoms with Crippen LogP contribution < -0.4 is 0 Å². The van der Waals surface area contributed by atoms with E-state index < -0.39 is 11.6 Å². The summed E-state index contributed by atoms with van der Waals surface area (Å²) in [6.07, 6.45) is 14.4. The van der Waals surface area contributed by atoms with Crippen LogP contribution in [0.5, 0.6) is 0 Å². The van der Waals surface area contributed by atoms with E-state index in [-0.39, 0.29) is 17.5 Å². The fraction of sp³-hybridized carbons (Fsp3) is 0.444. The van der Waals surface area contributed by atoms with Crippen LogP contribution in [-0.4, -0.2) is 6.61 Å². The van der Waals surface area contributed by atoms with Crippen molar-refractivity contribution < 1.29 is 17.9 Å². The van der Waals surface area contributed by atoms with E-state index in [0.717, 1.165) is 50.5 Å². The standard InChI is InChI=1S/C36H43F3O/c1-3-5-7-8-9-10-11-13-29-19-22-32(36(39)35(29)38)28-17-15-27(16-18-28)31-21-20-30(24-33(31)37)34-23-14-26(25-40-34)12-6-4-2/h4,15-22,24,26,34H,2-3,5-14,23,25H2,1H3. The molecule has 0 amide bonds. The minimum Gasteiger partial charge on any atom is -0.373 e. The summed E-state index contributed by atoms with van der Waals surface area (Å²) in [5.41, 5.74) is 3.26. The minimum atomic E-state index is -0.817. The van der Waals surface area contributed by atoms with Crippen molar-refractivity contribution in [1.82, 2.24) is 0 Å². The van der Waals surface area contributed by atoms with Gasteiger partial charge in [0.2, 0.25) is 0 Å². The van der Waals surface area contributed by atoms with Crippen molar-refractivity contribution in [2.45, 2.75) is 90.1 Å². The molecule has 1 aliphatic heterocycles. The second kappa shape index (κ2) is 15.2. The first-order chi connectivity index (χ1) is 19.5. The number of hydrogen-bond acceptors (Lipinski definition) is 1. The maximum atomic E-state index is 15.1. The molecule has 40 heavy (non-hydrogen) atoms. The Balaban J connectivity index is 1.37. The van der Waals surface area contributed by atoms with Gasteiger partial charge in [0.25, 0.3) is 0 Å². The van der Waals surface area contributed by atoms with Crippen LogP contribution in [0.3, 0.4) is 0 Å². The third-order valence-corrected chi connectivity index (χ3v) is 8.23. The molecule has 3 aromatic carbocycles. The number of unbranched alkanes of at least 4 members (excludes halogenated alkanes) is 6. The summed E-state index contributed by atoms with van der Waals surface area (Å²) >= 11 is 0. The van der Waals surface area contributed by atoms with Crippen molar-refractivity contribution in [3.05, 3.63) is 95.8 Å². The topological polar surface area (TPSA) is 9.23 Å². The van der Waals surface area contributed by atoms with Gasteiger partial charge in [0.05, 0.1) is 12.7 Å². The molecule has 1 fully saturated rings. The van der Waals surface area contributed by atoms with Crippen LogP contribution in [0.15, 0.2) is 67.3 Å². The molecular formula is C36H43F3O. The maximum absolute atomic E-state index is 15.1. The van der Waals surface area contributed by atoms with Gasteiger partial charge in [-0.1, -0.05) is 100 Å². The van der Waals surface area contributed by atoms with Crippen LogP contribution in [0, 0.1) is 23.4 Å². The maximum Gasteiger partial charge on any atom is 0.166 e. The first-order valence-corrected chi connectivity index (χ1v) is 15.1. The number of halogens is 3. The zero-order valence-electron chi connectivity index (χ0n) is 23.9. The van der Waals surface area contributed by atoms with E-state index in [1.165, 1.54) is 25.7 Å². The summed E-state index contributed by atoms with van der Waals surface area (Å²) in [6, 6.07) is 15.6. The van der Waals surface area contributed by atoms with Crippen LogP contribution >= 0.6 is 0 Å². The molecule has 4 rings (SSSR count). The third-order valence-electron chi connectivity index (χ3n) is 8.23. The summed E-state index contributed by atoms with van der Waals surface area (Å²) in [5, 5.41) is 0. The Labute approximate surface area is 238 Å². The molecule has 214 valence electrons. The van der Waals surface area contributed by atoms with Gasteiger partial charge in [-0.15, -0.1) is 6.58 Å². The second-order valence-electron chi connectivity index (χ2n) is 11.2. The molecule has 0 N–H and O–H groups in total. The van der Waals surface area contributed by atoms with E-state index in [4.69, 9.17) is 4.74 Å². The summed E-state index contributed by atoms with van der Waals surface area (Å²) in [7, 11) is 0. The van der Waals surface area contributed by atoms with Gasteiger partial charge in [-0.2, -0.15) is 0 Å². The largest absolute Gasteiger partial charge is 0.373 e. The number of benzene rings is 3. The van der Waals surface area contributed by atoms with Gasteiger partial charge in [-0.05, 0) is 72.8 Å². The van der Waals surface area contributed by atoms with E-state index >= 15 is 8.78 Å². The lowest BCUT2D eigenvalue weighted by Gasteiger charge is -2.29. The van der Waals surface area contributed by atoms with Crippen molar-refractivity contribution in [2.24, 2.45) is 5.92 Å². The summed E-state index contributed by atoms with van der Waals surface area (Å²) in [4.78, 5) is 0. The van der Waals surface area contributed by atoms with Gasteiger partial charge in [0.1, 0.15) is 5.82 Å². The fourth-order valence-corrected chi connectivity index (χ4v) is 5.72. The highest BCUT2D eigenvalue weighted by Gasteiger charge is 2.23. The number of rotatable bonds is 14. The molecule has 1 aliphatic rings.